The van der Waals surface area contributed by atoms with Crippen LogP contribution in [0.4, 0.5) is 0 Å². The van der Waals surface area contributed by atoms with Crippen LogP contribution in [-0.4, -0.2) is 75.0 Å². The minimum atomic E-state index is 0.677. The molecule has 4 heteroatoms. The van der Waals surface area contributed by atoms with Crippen molar-refractivity contribution in [3.05, 3.63) is 0 Å². The Bertz CT molecular complexity index is 239. The van der Waals surface area contributed by atoms with Gasteiger partial charge in [0.25, 0.3) is 0 Å². The van der Waals surface area contributed by atoms with Crippen LogP contribution >= 0.6 is 0 Å². The molecule has 1 aliphatic rings. The van der Waals surface area contributed by atoms with Gasteiger partial charge in [-0.05, 0) is 32.6 Å². The average molecular weight is 300 g/mol. The lowest BCUT2D eigenvalue weighted by Gasteiger charge is -2.36. The number of nitrogens with zero attached hydrogens (tertiary/aromatic N) is 2. The Kier molecular flexibility index (Phi) is 10.3. The molecular formula is C17H36N2O2. The molecule has 0 aliphatic carbocycles. The van der Waals surface area contributed by atoms with E-state index in [1.165, 1.54) is 32.6 Å². The maximum atomic E-state index is 5.66. The highest BCUT2D eigenvalue weighted by molar-refractivity contribution is 4.73. The molecule has 0 spiro atoms. The Morgan fingerprint density at radius 1 is 0.810 bits per heavy atom. The van der Waals surface area contributed by atoms with E-state index in [9.17, 15) is 0 Å². The summed E-state index contributed by atoms with van der Waals surface area (Å²) in [7, 11) is 0. The van der Waals surface area contributed by atoms with Crippen molar-refractivity contribution in [2.45, 2.75) is 46.6 Å². The number of rotatable bonds is 11. The lowest BCUT2D eigenvalue weighted by molar-refractivity contribution is 0.0282. The molecule has 1 heterocycles. The lowest BCUT2D eigenvalue weighted by Crippen LogP contribution is -2.49. The summed E-state index contributed by atoms with van der Waals surface area (Å²) < 4.78 is 11.2. The topological polar surface area (TPSA) is 24.9 Å². The maximum Gasteiger partial charge on any atom is 0.0701 e. The van der Waals surface area contributed by atoms with Crippen LogP contribution in [0.1, 0.15) is 40.5 Å². The smallest absolute Gasteiger partial charge is 0.0701 e. The summed E-state index contributed by atoms with van der Waals surface area (Å²) >= 11 is 0. The minimum absolute atomic E-state index is 0.677. The van der Waals surface area contributed by atoms with Gasteiger partial charge >= 0.3 is 0 Å². The quantitative estimate of drug-likeness (QED) is 0.547. The largest absolute Gasteiger partial charge is 0.379 e. The van der Waals surface area contributed by atoms with Gasteiger partial charge in [0.05, 0.1) is 19.8 Å². The number of piperazine rings is 1. The van der Waals surface area contributed by atoms with Crippen molar-refractivity contribution in [2.24, 2.45) is 5.92 Å². The standard InChI is InChI=1S/C17H36N2O2/c1-16(2)6-5-12-20-14-15-21-13-11-18-7-9-19(10-8-18)17(3)4/h16-17H,5-15H2,1-4H3. The fourth-order valence-corrected chi connectivity index (χ4v) is 2.61. The molecule has 1 saturated heterocycles. The number of ether oxygens (including phenoxy) is 2. The van der Waals surface area contributed by atoms with Gasteiger partial charge in [-0.15, -0.1) is 0 Å². The van der Waals surface area contributed by atoms with E-state index in [0.29, 0.717) is 6.04 Å². The molecule has 1 aliphatic heterocycles. The fraction of sp³-hybridized carbons (Fsp3) is 1.00. The van der Waals surface area contributed by atoms with Gasteiger partial charge < -0.3 is 9.47 Å². The van der Waals surface area contributed by atoms with Crippen LogP contribution in [0, 0.1) is 5.92 Å². The van der Waals surface area contributed by atoms with Crippen LogP contribution < -0.4 is 0 Å². The van der Waals surface area contributed by atoms with Gasteiger partial charge in [0.15, 0.2) is 0 Å². The summed E-state index contributed by atoms with van der Waals surface area (Å²) in [5, 5.41) is 0. The van der Waals surface area contributed by atoms with E-state index in [2.05, 4.69) is 37.5 Å². The van der Waals surface area contributed by atoms with Crippen molar-refractivity contribution in [3.63, 3.8) is 0 Å². The van der Waals surface area contributed by atoms with Crippen molar-refractivity contribution in [3.8, 4) is 0 Å². The van der Waals surface area contributed by atoms with Crippen LogP contribution in [0.25, 0.3) is 0 Å². The second kappa shape index (κ2) is 11.4. The predicted molar refractivity (Wildman–Crippen MR) is 88.9 cm³/mol. The first-order chi connectivity index (χ1) is 10.1. The van der Waals surface area contributed by atoms with E-state index in [-0.39, 0.29) is 0 Å². The molecule has 0 N–H and O–H groups in total. The van der Waals surface area contributed by atoms with Crippen LogP contribution in [-0.2, 0) is 9.47 Å². The summed E-state index contributed by atoms with van der Waals surface area (Å²) in [5.74, 6) is 0.779. The zero-order chi connectivity index (χ0) is 15.5. The molecule has 0 saturated carbocycles. The molecule has 0 bridgehead atoms. The van der Waals surface area contributed by atoms with E-state index in [0.717, 1.165) is 45.3 Å². The normalized spacial score (nSPS) is 18.0. The summed E-state index contributed by atoms with van der Waals surface area (Å²) in [6, 6.07) is 0.677. The zero-order valence-corrected chi connectivity index (χ0v) is 14.6. The molecule has 0 radical (unpaired) electrons. The molecule has 0 aromatic rings. The fourth-order valence-electron chi connectivity index (χ4n) is 2.61. The van der Waals surface area contributed by atoms with Gasteiger partial charge in [0, 0.05) is 45.4 Å². The third-order valence-electron chi connectivity index (χ3n) is 4.13. The highest BCUT2D eigenvalue weighted by Crippen LogP contribution is 2.05. The molecule has 0 unspecified atom stereocenters. The van der Waals surface area contributed by atoms with Gasteiger partial charge in [-0.1, -0.05) is 13.8 Å². The summed E-state index contributed by atoms with van der Waals surface area (Å²) in [6.45, 7) is 18.0. The van der Waals surface area contributed by atoms with Gasteiger partial charge in [-0.3, -0.25) is 9.80 Å². The Hall–Kier alpha value is -0.160. The predicted octanol–water partition coefficient (Wildman–Crippen LogP) is 2.48. The molecule has 4 nitrogen and oxygen atoms in total. The summed E-state index contributed by atoms with van der Waals surface area (Å²) in [5.41, 5.74) is 0. The Morgan fingerprint density at radius 3 is 2.00 bits per heavy atom. The molecule has 126 valence electrons. The van der Waals surface area contributed by atoms with E-state index >= 15 is 0 Å². The molecule has 1 fully saturated rings. The van der Waals surface area contributed by atoms with Crippen molar-refractivity contribution in [2.75, 3.05) is 59.2 Å². The van der Waals surface area contributed by atoms with Crippen LogP contribution in [0.5, 0.6) is 0 Å². The Labute approximate surface area is 131 Å². The van der Waals surface area contributed by atoms with Crippen LogP contribution in [0.15, 0.2) is 0 Å². The van der Waals surface area contributed by atoms with Crippen molar-refractivity contribution in [1.82, 2.24) is 9.80 Å². The van der Waals surface area contributed by atoms with Gasteiger partial charge in [0.1, 0.15) is 0 Å². The average Bonchev–Trinajstić information content (AvgIpc) is 2.45. The lowest BCUT2D eigenvalue weighted by atomic mass is 10.1. The van der Waals surface area contributed by atoms with Gasteiger partial charge in [-0.25, -0.2) is 0 Å². The number of hydrogen-bond donors (Lipinski definition) is 0. The molecule has 21 heavy (non-hydrogen) atoms. The van der Waals surface area contributed by atoms with E-state index in [4.69, 9.17) is 9.47 Å². The molecule has 0 aromatic heterocycles. The van der Waals surface area contributed by atoms with E-state index < -0.39 is 0 Å². The molecule has 0 amide bonds. The Balaban J connectivity index is 1.85. The van der Waals surface area contributed by atoms with E-state index in [1.54, 1.807) is 0 Å². The second-order valence-electron chi connectivity index (χ2n) is 6.73. The second-order valence-corrected chi connectivity index (χ2v) is 6.73. The van der Waals surface area contributed by atoms with Crippen LogP contribution in [0.3, 0.4) is 0 Å². The summed E-state index contributed by atoms with van der Waals surface area (Å²) in [6.07, 6.45) is 2.42. The first kappa shape index (κ1) is 18.9. The Morgan fingerprint density at radius 2 is 1.43 bits per heavy atom. The van der Waals surface area contributed by atoms with E-state index in [1.807, 2.05) is 0 Å². The molecule has 0 aromatic carbocycles. The molecule has 1 rings (SSSR count). The SMILES string of the molecule is CC(C)CCCOCCOCCN1CCN(C(C)C)CC1. The maximum absolute atomic E-state index is 5.66. The number of hydrogen-bond acceptors (Lipinski definition) is 4. The minimum Gasteiger partial charge on any atom is -0.379 e. The molecule has 0 atom stereocenters. The van der Waals surface area contributed by atoms with Gasteiger partial charge in [0.2, 0.25) is 0 Å². The molecular weight excluding hydrogens is 264 g/mol. The third kappa shape index (κ3) is 9.46. The first-order valence-corrected chi connectivity index (χ1v) is 8.71. The highest BCUT2D eigenvalue weighted by atomic mass is 16.5. The zero-order valence-electron chi connectivity index (χ0n) is 14.6. The summed E-state index contributed by atoms with van der Waals surface area (Å²) in [4.78, 5) is 5.05. The highest BCUT2D eigenvalue weighted by Gasteiger charge is 2.17. The van der Waals surface area contributed by atoms with Crippen molar-refractivity contribution < 1.29 is 9.47 Å². The monoisotopic (exact) mass is 300 g/mol. The third-order valence-corrected chi connectivity index (χ3v) is 4.13. The first-order valence-electron chi connectivity index (χ1n) is 8.71. The van der Waals surface area contributed by atoms with Crippen molar-refractivity contribution >= 4 is 0 Å². The van der Waals surface area contributed by atoms with Gasteiger partial charge in [-0.2, -0.15) is 0 Å². The van der Waals surface area contributed by atoms with Crippen LogP contribution in [0.2, 0.25) is 0 Å². The van der Waals surface area contributed by atoms with Crippen molar-refractivity contribution in [1.29, 1.82) is 0 Å².